The number of hydrogen-bond acceptors (Lipinski definition) is 9. The summed E-state index contributed by atoms with van der Waals surface area (Å²) in [5.74, 6) is -0.275. The second-order valence-electron chi connectivity index (χ2n) is 10.8. The molecule has 0 bridgehead atoms. The van der Waals surface area contributed by atoms with Gasteiger partial charge in [0.2, 0.25) is 0 Å². The Morgan fingerprint density at radius 3 is 2.47 bits per heavy atom. The molecule has 2 aromatic heterocycles. The average molecular weight is 638 g/mol. The van der Waals surface area contributed by atoms with E-state index in [1.807, 2.05) is 22.8 Å². The first-order valence-electron chi connectivity index (χ1n) is 14.8. The van der Waals surface area contributed by atoms with Crippen molar-refractivity contribution in [2.45, 2.75) is 52.0 Å². The van der Waals surface area contributed by atoms with Gasteiger partial charge in [-0.2, -0.15) is 0 Å². The third-order valence-electron chi connectivity index (χ3n) is 7.54. The number of phenols is 1. The number of carbonyl (C=O) groups is 2. The molecule has 0 fully saturated rings. The Morgan fingerprint density at radius 2 is 1.73 bits per heavy atom. The van der Waals surface area contributed by atoms with Crippen LogP contribution < -0.4 is 10.3 Å². The van der Waals surface area contributed by atoms with Gasteiger partial charge >= 0.3 is 7.82 Å². The Kier molecular flexibility index (Phi) is 9.83. The van der Waals surface area contributed by atoms with Gasteiger partial charge in [-0.3, -0.25) is 24.3 Å². The zero-order valence-electron chi connectivity index (χ0n) is 24.9. The van der Waals surface area contributed by atoms with Crippen LogP contribution in [0.15, 0.2) is 48.6 Å². The molecule has 45 heavy (non-hydrogen) atoms. The molecule has 4 aromatic rings. The number of ether oxygens (including phenoxy) is 1. The summed E-state index contributed by atoms with van der Waals surface area (Å²) in [5.41, 5.74) is 9.72. The first kappa shape index (κ1) is 32.1. The van der Waals surface area contributed by atoms with Gasteiger partial charge in [0.25, 0.3) is 11.8 Å². The molecule has 2 aromatic carbocycles. The van der Waals surface area contributed by atoms with Crippen molar-refractivity contribution >= 4 is 47.4 Å². The number of pyridine rings is 1. The third kappa shape index (κ3) is 7.51. The normalized spacial score (nSPS) is 13.5. The second kappa shape index (κ2) is 13.8. The van der Waals surface area contributed by atoms with Crippen LogP contribution >= 0.6 is 7.82 Å². The van der Waals surface area contributed by atoms with E-state index in [1.54, 1.807) is 12.1 Å². The van der Waals surface area contributed by atoms with Crippen molar-refractivity contribution in [1.29, 1.82) is 0 Å². The lowest BCUT2D eigenvalue weighted by atomic mass is 10.1. The molecule has 0 unspecified atom stereocenters. The number of para-hydroxylation sites is 1. The lowest BCUT2D eigenvalue weighted by Crippen LogP contribution is -2.31. The highest BCUT2D eigenvalue weighted by atomic mass is 31.2. The number of imidazole rings is 1. The maximum atomic E-state index is 11.7. The number of imide groups is 1. The molecule has 0 saturated carbocycles. The minimum atomic E-state index is -4.95. The van der Waals surface area contributed by atoms with Gasteiger partial charge < -0.3 is 24.7 Å². The quantitative estimate of drug-likeness (QED) is 0.0837. The number of unbranched alkanes of at least 4 members (excludes halogenated alkanes) is 1. The molecule has 3 heterocycles. The second-order valence-corrected chi connectivity index (χ2v) is 12.0. The van der Waals surface area contributed by atoms with E-state index in [9.17, 15) is 29.0 Å². The number of rotatable bonds is 15. The molecule has 0 aliphatic carbocycles. The Bertz CT molecular complexity index is 1800. The van der Waals surface area contributed by atoms with Crippen molar-refractivity contribution in [2.75, 3.05) is 25.5 Å². The smallest absolute Gasteiger partial charge is 0.504 e. The summed E-state index contributed by atoms with van der Waals surface area (Å²) in [5, 5.41) is 11.2. The Hall–Kier alpha value is -4.29. The molecule has 1 aliphatic heterocycles. The fourth-order valence-electron chi connectivity index (χ4n) is 5.40. The number of nitrogens with two attached hydrogens (primary N) is 1. The number of carbonyl (C=O) groups excluding carboxylic acids is 2. The van der Waals surface area contributed by atoms with Gasteiger partial charge in [0.1, 0.15) is 11.3 Å². The molecule has 14 heteroatoms. The molecule has 238 valence electrons. The maximum Gasteiger partial charge on any atom is 0.524 e. The van der Waals surface area contributed by atoms with E-state index in [2.05, 4.69) is 11.9 Å². The van der Waals surface area contributed by atoms with Crippen molar-refractivity contribution in [3.05, 3.63) is 65.5 Å². The fourth-order valence-corrected chi connectivity index (χ4v) is 5.85. The van der Waals surface area contributed by atoms with E-state index < -0.39 is 7.82 Å². The molecule has 5 rings (SSSR count). The van der Waals surface area contributed by atoms with Gasteiger partial charge in [-0.1, -0.05) is 31.5 Å². The van der Waals surface area contributed by atoms with E-state index in [4.69, 9.17) is 20.0 Å². The van der Waals surface area contributed by atoms with E-state index in [0.717, 1.165) is 48.0 Å². The topological polar surface area (TPSA) is 190 Å². The number of aryl methyl sites for hydroxylation is 2. The molecule has 0 radical (unpaired) electrons. The summed E-state index contributed by atoms with van der Waals surface area (Å²) in [7, 11) is -4.95. The van der Waals surface area contributed by atoms with Crippen LogP contribution in [-0.4, -0.2) is 65.9 Å². The minimum Gasteiger partial charge on any atom is -0.504 e. The highest BCUT2D eigenvalue weighted by molar-refractivity contribution is 7.46. The molecule has 0 spiro atoms. The number of phosphoric acid groups is 1. The maximum absolute atomic E-state index is 11.7. The zero-order chi connectivity index (χ0) is 32.1. The van der Waals surface area contributed by atoms with Gasteiger partial charge in [-0.15, -0.1) is 0 Å². The standard InChI is InChI=1S/C31H36N5O8P/c1-2-3-10-25-34-28-29(36(25)19-21-8-4-9-24(37)30(21)44-45(40,41)42)22-18-20(11-12-23(22)33-31(28)32)7-5-16-43-17-6-15-35-26(38)13-14-27(35)39/h4,8-9,11-14,18,37H,2-3,5-7,10,15-17,19H2,1H3,(H2,32,33)(H2,40,41,42). The Balaban J connectivity index is 1.38. The highest BCUT2D eigenvalue weighted by Crippen LogP contribution is 2.44. The first-order chi connectivity index (χ1) is 21.6. The largest absolute Gasteiger partial charge is 0.524 e. The molecule has 0 atom stereocenters. The average Bonchev–Trinajstić information content (AvgIpc) is 3.52. The first-order valence-corrected chi connectivity index (χ1v) is 16.3. The zero-order valence-corrected chi connectivity index (χ0v) is 25.8. The number of aromatic hydroxyl groups is 1. The van der Waals surface area contributed by atoms with Gasteiger partial charge in [0, 0.05) is 49.3 Å². The summed E-state index contributed by atoms with van der Waals surface area (Å²) in [6.07, 6.45) is 6.98. The summed E-state index contributed by atoms with van der Waals surface area (Å²) >= 11 is 0. The molecular formula is C31H36N5O8P. The van der Waals surface area contributed by atoms with E-state index in [0.29, 0.717) is 49.2 Å². The van der Waals surface area contributed by atoms with Gasteiger partial charge in [0.15, 0.2) is 17.3 Å². The SMILES string of the molecule is CCCCc1nc2c(N)nc3ccc(CCCOCCCN4C(=O)C=CC4=O)cc3c2n1Cc1cccc(O)c1OP(=O)(O)O. The van der Waals surface area contributed by atoms with Gasteiger partial charge in [0.05, 0.1) is 17.6 Å². The van der Waals surface area contributed by atoms with E-state index >= 15 is 0 Å². The van der Waals surface area contributed by atoms with Crippen molar-refractivity contribution in [2.24, 2.45) is 0 Å². The summed E-state index contributed by atoms with van der Waals surface area (Å²) in [4.78, 5) is 52.9. The van der Waals surface area contributed by atoms with E-state index in [1.165, 1.54) is 23.1 Å². The number of phenolic OH excluding ortho intramolecular Hbond substituents is 1. The van der Waals surface area contributed by atoms with Crippen molar-refractivity contribution in [3.63, 3.8) is 0 Å². The van der Waals surface area contributed by atoms with E-state index in [-0.39, 0.29) is 35.7 Å². The number of aromatic nitrogens is 3. The Labute approximate surface area is 259 Å². The number of benzene rings is 2. The monoisotopic (exact) mass is 637 g/mol. The predicted molar refractivity (Wildman–Crippen MR) is 168 cm³/mol. The lowest BCUT2D eigenvalue weighted by molar-refractivity contribution is -0.136. The molecule has 5 N–H and O–H groups in total. The summed E-state index contributed by atoms with van der Waals surface area (Å²) < 4.78 is 24.3. The molecule has 0 saturated heterocycles. The molecule has 1 aliphatic rings. The Morgan fingerprint density at radius 1 is 0.978 bits per heavy atom. The van der Waals surface area contributed by atoms with Crippen LogP contribution in [0.4, 0.5) is 5.82 Å². The van der Waals surface area contributed by atoms with Crippen LogP contribution in [0.1, 0.15) is 49.6 Å². The number of phosphoric ester groups is 1. The number of amides is 2. The van der Waals surface area contributed by atoms with Crippen molar-refractivity contribution in [1.82, 2.24) is 19.4 Å². The number of hydrogen-bond donors (Lipinski definition) is 4. The molecule has 2 amide bonds. The highest BCUT2D eigenvalue weighted by Gasteiger charge is 2.24. The lowest BCUT2D eigenvalue weighted by Gasteiger charge is -2.16. The van der Waals surface area contributed by atoms with Crippen LogP contribution in [0.5, 0.6) is 11.5 Å². The van der Waals surface area contributed by atoms with Crippen LogP contribution in [0.25, 0.3) is 21.9 Å². The molecular weight excluding hydrogens is 601 g/mol. The fraction of sp³-hybridized carbons (Fsp3) is 0.355. The van der Waals surface area contributed by atoms with Crippen LogP contribution in [0, 0.1) is 0 Å². The van der Waals surface area contributed by atoms with Gasteiger partial charge in [-0.25, -0.2) is 14.5 Å². The number of anilines is 1. The summed E-state index contributed by atoms with van der Waals surface area (Å²) in [6.45, 7) is 3.45. The number of nitrogens with zero attached hydrogens (tertiary/aromatic N) is 4. The number of fused-ring (bicyclic) bond motifs is 3. The van der Waals surface area contributed by atoms with Crippen molar-refractivity contribution in [3.8, 4) is 11.5 Å². The minimum absolute atomic E-state index is 0.112. The molecule has 13 nitrogen and oxygen atoms in total. The predicted octanol–water partition coefficient (Wildman–Crippen LogP) is 4.00. The third-order valence-corrected chi connectivity index (χ3v) is 7.96. The van der Waals surface area contributed by atoms with Crippen LogP contribution in [0.3, 0.4) is 0 Å². The number of nitrogen functional groups attached to an aromatic ring is 1. The van der Waals surface area contributed by atoms with Crippen molar-refractivity contribution < 1.29 is 38.3 Å². The van der Waals surface area contributed by atoms with Crippen LogP contribution in [-0.2, 0) is 38.3 Å². The van der Waals surface area contributed by atoms with Gasteiger partial charge in [-0.05, 0) is 49.4 Å². The van der Waals surface area contributed by atoms with Crippen LogP contribution in [0.2, 0.25) is 0 Å². The summed E-state index contributed by atoms with van der Waals surface area (Å²) in [6, 6.07) is 10.4.